The van der Waals surface area contributed by atoms with Gasteiger partial charge in [-0.3, -0.25) is 4.79 Å². The molecule has 1 rings (SSSR count). The summed E-state index contributed by atoms with van der Waals surface area (Å²) in [5.41, 5.74) is 0. The number of esters is 1. The van der Waals surface area contributed by atoms with Crippen LogP contribution in [0.5, 0.6) is 0 Å². The van der Waals surface area contributed by atoms with Crippen LogP contribution in [-0.2, 0) is 9.53 Å². The van der Waals surface area contributed by atoms with Crippen LogP contribution in [0.1, 0.15) is 84.0 Å². The molecule has 0 spiro atoms. The Morgan fingerprint density at radius 3 is 1.88 bits per heavy atom. The summed E-state index contributed by atoms with van der Waals surface area (Å²) in [6.07, 6.45) is 15.7. The van der Waals surface area contributed by atoms with E-state index in [1.807, 2.05) is 0 Å². The van der Waals surface area contributed by atoms with Crippen LogP contribution in [-0.4, -0.2) is 12.1 Å². The number of cyclic esters (lactones) is 1. The molecular weight excluding hydrogens is 212 g/mol. The van der Waals surface area contributed by atoms with Gasteiger partial charge >= 0.3 is 5.97 Å². The molecule has 1 aliphatic heterocycles. The van der Waals surface area contributed by atoms with E-state index in [2.05, 4.69) is 6.92 Å². The van der Waals surface area contributed by atoms with Gasteiger partial charge in [0, 0.05) is 0 Å². The Hall–Kier alpha value is -0.530. The first-order valence-electron chi connectivity index (χ1n) is 7.52. The molecule has 2 heteroatoms. The van der Waals surface area contributed by atoms with Gasteiger partial charge < -0.3 is 4.74 Å². The average molecular weight is 240 g/mol. The van der Waals surface area contributed by atoms with Gasteiger partial charge in [0.2, 0.25) is 0 Å². The standard InChI is InChI=1S/C15H28O2/c1-2-3-4-5-6-7-8-9-10-11-12-14-13-15(16)17-14/h14H,2-13H2,1H3. The number of rotatable bonds is 11. The molecule has 1 heterocycles. The fourth-order valence-corrected chi connectivity index (χ4v) is 2.38. The van der Waals surface area contributed by atoms with Crippen molar-refractivity contribution in [3.8, 4) is 0 Å². The first-order valence-corrected chi connectivity index (χ1v) is 7.52. The molecule has 17 heavy (non-hydrogen) atoms. The lowest BCUT2D eigenvalue weighted by Crippen LogP contribution is -2.32. The Bertz CT molecular complexity index is 193. The van der Waals surface area contributed by atoms with Gasteiger partial charge in [0.15, 0.2) is 0 Å². The quantitative estimate of drug-likeness (QED) is 0.389. The molecule has 0 aromatic heterocycles. The van der Waals surface area contributed by atoms with E-state index in [-0.39, 0.29) is 12.1 Å². The van der Waals surface area contributed by atoms with E-state index in [1.54, 1.807) is 0 Å². The molecule has 100 valence electrons. The average Bonchev–Trinajstić information content (AvgIpc) is 2.29. The van der Waals surface area contributed by atoms with Crippen molar-refractivity contribution in [2.45, 2.75) is 90.1 Å². The molecule has 1 saturated heterocycles. The third kappa shape index (κ3) is 7.40. The molecule has 0 bridgehead atoms. The van der Waals surface area contributed by atoms with Crippen LogP contribution in [0.3, 0.4) is 0 Å². The van der Waals surface area contributed by atoms with Gasteiger partial charge in [0.1, 0.15) is 6.10 Å². The highest BCUT2D eigenvalue weighted by atomic mass is 16.6. The van der Waals surface area contributed by atoms with Crippen molar-refractivity contribution in [1.29, 1.82) is 0 Å². The summed E-state index contributed by atoms with van der Waals surface area (Å²) in [6.45, 7) is 2.26. The van der Waals surface area contributed by atoms with E-state index in [9.17, 15) is 4.79 Å². The van der Waals surface area contributed by atoms with Crippen molar-refractivity contribution < 1.29 is 9.53 Å². The molecule has 1 unspecified atom stereocenters. The molecular formula is C15H28O2. The van der Waals surface area contributed by atoms with Crippen molar-refractivity contribution in [3.63, 3.8) is 0 Å². The maximum absolute atomic E-state index is 10.6. The predicted octanol–water partition coefficient (Wildman–Crippen LogP) is 4.61. The third-order valence-corrected chi connectivity index (χ3v) is 3.57. The number of carbonyl (C=O) groups excluding carboxylic acids is 1. The first-order chi connectivity index (χ1) is 8.33. The molecule has 0 aromatic rings. The van der Waals surface area contributed by atoms with Crippen LogP contribution in [0.25, 0.3) is 0 Å². The number of hydrogen-bond acceptors (Lipinski definition) is 2. The third-order valence-electron chi connectivity index (χ3n) is 3.57. The minimum absolute atomic E-state index is 0.0120. The van der Waals surface area contributed by atoms with Crippen LogP contribution in [0, 0.1) is 0 Å². The normalized spacial score (nSPS) is 18.9. The molecule has 0 amide bonds. The van der Waals surface area contributed by atoms with E-state index in [4.69, 9.17) is 4.74 Å². The summed E-state index contributed by atoms with van der Waals surface area (Å²) in [4.78, 5) is 10.6. The molecule has 0 aromatic carbocycles. The van der Waals surface area contributed by atoms with Crippen LogP contribution in [0.2, 0.25) is 0 Å². The molecule has 1 fully saturated rings. The highest BCUT2D eigenvalue weighted by molar-refractivity contribution is 5.75. The Kier molecular flexibility index (Phi) is 8.12. The lowest BCUT2D eigenvalue weighted by molar-refractivity contribution is -0.169. The van der Waals surface area contributed by atoms with Crippen molar-refractivity contribution >= 4 is 5.97 Å². The Morgan fingerprint density at radius 2 is 1.41 bits per heavy atom. The zero-order valence-corrected chi connectivity index (χ0v) is 11.4. The minimum Gasteiger partial charge on any atom is -0.462 e. The molecule has 2 nitrogen and oxygen atoms in total. The second-order valence-electron chi connectivity index (χ2n) is 5.29. The highest BCUT2D eigenvalue weighted by Crippen LogP contribution is 2.20. The first kappa shape index (κ1) is 14.5. The second kappa shape index (κ2) is 9.49. The minimum atomic E-state index is -0.0120. The van der Waals surface area contributed by atoms with Crippen LogP contribution < -0.4 is 0 Å². The van der Waals surface area contributed by atoms with Crippen LogP contribution in [0.15, 0.2) is 0 Å². The Balaban J connectivity index is 1.68. The second-order valence-corrected chi connectivity index (χ2v) is 5.29. The summed E-state index contributed by atoms with van der Waals surface area (Å²) < 4.78 is 4.98. The number of hydrogen-bond donors (Lipinski definition) is 0. The van der Waals surface area contributed by atoms with Gasteiger partial charge in [-0.15, -0.1) is 0 Å². The van der Waals surface area contributed by atoms with E-state index >= 15 is 0 Å². The summed E-state index contributed by atoms with van der Waals surface area (Å²) in [5, 5.41) is 0. The Labute approximate surface area is 106 Å². The fourth-order valence-electron chi connectivity index (χ4n) is 2.38. The van der Waals surface area contributed by atoms with E-state index in [1.165, 1.54) is 64.2 Å². The molecule has 1 aliphatic rings. The SMILES string of the molecule is CCCCCCCCCCCCC1CC(=O)O1. The molecule has 0 saturated carbocycles. The van der Waals surface area contributed by atoms with Gasteiger partial charge in [-0.2, -0.15) is 0 Å². The van der Waals surface area contributed by atoms with Crippen molar-refractivity contribution in [2.75, 3.05) is 0 Å². The fraction of sp³-hybridized carbons (Fsp3) is 0.933. The number of carbonyl (C=O) groups is 1. The van der Waals surface area contributed by atoms with E-state index < -0.39 is 0 Å². The molecule has 0 aliphatic carbocycles. The van der Waals surface area contributed by atoms with Gasteiger partial charge in [0.25, 0.3) is 0 Å². The predicted molar refractivity (Wildman–Crippen MR) is 71.0 cm³/mol. The van der Waals surface area contributed by atoms with Crippen LogP contribution >= 0.6 is 0 Å². The van der Waals surface area contributed by atoms with Crippen molar-refractivity contribution in [1.82, 2.24) is 0 Å². The smallest absolute Gasteiger partial charge is 0.309 e. The van der Waals surface area contributed by atoms with E-state index in [0.29, 0.717) is 6.42 Å². The van der Waals surface area contributed by atoms with E-state index in [0.717, 1.165) is 6.42 Å². The van der Waals surface area contributed by atoms with Crippen LogP contribution in [0.4, 0.5) is 0 Å². The maximum Gasteiger partial charge on any atom is 0.309 e. The zero-order valence-electron chi connectivity index (χ0n) is 11.4. The maximum atomic E-state index is 10.6. The topological polar surface area (TPSA) is 26.3 Å². The molecule has 1 atom stereocenters. The van der Waals surface area contributed by atoms with Gasteiger partial charge in [-0.05, 0) is 12.8 Å². The summed E-state index contributed by atoms with van der Waals surface area (Å²) in [7, 11) is 0. The summed E-state index contributed by atoms with van der Waals surface area (Å²) in [5.74, 6) is -0.0120. The van der Waals surface area contributed by atoms with Gasteiger partial charge in [-0.25, -0.2) is 0 Å². The lowest BCUT2D eigenvalue weighted by Gasteiger charge is -2.25. The number of ether oxygens (including phenoxy) is 1. The van der Waals surface area contributed by atoms with Gasteiger partial charge in [0.05, 0.1) is 6.42 Å². The zero-order chi connectivity index (χ0) is 12.3. The highest BCUT2D eigenvalue weighted by Gasteiger charge is 2.27. The largest absolute Gasteiger partial charge is 0.462 e. The van der Waals surface area contributed by atoms with Gasteiger partial charge in [-0.1, -0.05) is 64.7 Å². The molecule has 0 N–H and O–H groups in total. The van der Waals surface area contributed by atoms with Crippen molar-refractivity contribution in [3.05, 3.63) is 0 Å². The monoisotopic (exact) mass is 240 g/mol. The molecule has 0 radical (unpaired) electrons. The lowest BCUT2D eigenvalue weighted by atomic mass is 10.0. The number of unbranched alkanes of at least 4 members (excludes halogenated alkanes) is 9. The summed E-state index contributed by atoms with van der Waals surface area (Å²) >= 11 is 0. The summed E-state index contributed by atoms with van der Waals surface area (Å²) in [6, 6.07) is 0. The van der Waals surface area contributed by atoms with Crippen molar-refractivity contribution in [2.24, 2.45) is 0 Å². The Morgan fingerprint density at radius 1 is 0.941 bits per heavy atom.